The number of nitrogens with zero attached hydrogens (tertiary/aromatic N) is 2. The number of nitro benzene ring substituents is 1. The molecule has 0 aliphatic carbocycles. The lowest BCUT2D eigenvalue weighted by Crippen LogP contribution is -2.29. The molecule has 1 fully saturated rings. The highest BCUT2D eigenvalue weighted by Crippen LogP contribution is 2.28. The summed E-state index contributed by atoms with van der Waals surface area (Å²) < 4.78 is 0. The zero-order chi connectivity index (χ0) is 14.9. The van der Waals surface area contributed by atoms with E-state index in [1.54, 1.807) is 4.90 Å². The van der Waals surface area contributed by atoms with Gasteiger partial charge in [0.1, 0.15) is 0 Å². The molecule has 6 heteroatoms. The minimum atomic E-state index is -0.520. The number of hydrogen-bond acceptors (Lipinski definition) is 3. The molecule has 0 radical (unpaired) electrons. The second-order valence-electron chi connectivity index (χ2n) is 5.47. The quantitative estimate of drug-likeness (QED) is 0.634. The molecule has 1 aliphatic rings. The molecule has 1 aromatic rings. The molecule has 0 bridgehead atoms. The summed E-state index contributed by atoms with van der Waals surface area (Å²) in [5.41, 5.74) is 0.0997. The highest BCUT2D eigenvalue weighted by molar-refractivity contribution is 6.33. The minimum absolute atomic E-state index is 0.114. The van der Waals surface area contributed by atoms with Gasteiger partial charge in [0, 0.05) is 25.2 Å². The predicted octanol–water partition coefficient (Wildman–Crippen LogP) is 3.37. The first-order chi connectivity index (χ1) is 9.40. The number of amides is 1. The topological polar surface area (TPSA) is 63.5 Å². The van der Waals surface area contributed by atoms with Gasteiger partial charge in [-0.15, -0.1) is 0 Å². The van der Waals surface area contributed by atoms with Crippen molar-refractivity contribution in [3.8, 4) is 0 Å². The fourth-order valence-electron chi connectivity index (χ4n) is 2.48. The van der Waals surface area contributed by atoms with Gasteiger partial charge in [0.25, 0.3) is 11.6 Å². The highest BCUT2D eigenvalue weighted by atomic mass is 35.5. The second kappa shape index (κ2) is 5.79. The number of rotatable bonds is 3. The third-order valence-electron chi connectivity index (χ3n) is 3.85. The summed E-state index contributed by atoms with van der Waals surface area (Å²) in [6.07, 6.45) is 0.968. The van der Waals surface area contributed by atoms with Crippen molar-refractivity contribution in [1.82, 2.24) is 4.90 Å². The lowest BCUT2D eigenvalue weighted by Gasteiger charge is -2.18. The standard InChI is InChI=1S/C14H17ClN2O3/c1-9(2)10-5-6-16(8-10)14(18)12-7-11(17(19)20)3-4-13(12)15/h3-4,7,9-10H,5-6,8H2,1-2H3. The van der Waals surface area contributed by atoms with Crippen molar-refractivity contribution in [3.05, 3.63) is 38.9 Å². The smallest absolute Gasteiger partial charge is 0.270 e. The highest BCUT2D eigenvalue weighted by Gasteiger charge is 2.30. The SMILES string of the molecule is CC(C)C1CCN(C(=O)c2cc([N+](=O)[O-])ccc2Cl)C1. The summed E-state index contributed by atoms with van der Waals surface area (Å²) in [5.74, 6) is 0.784. The van der Waals surface area contributed by atoms with Gasteiger partial charge in [-0.05, 0) is 24.3 Å². The van der Waals surface area contributed by atoms with E-state index in [-0.39, 0.29) is 22.2 Å². The minimum Gasteiger partial charge on any atom is -0.338 e. The van der Waals surface area contributed by atoms with Crippen LogP contribution in [0.3, 0.4) is 0 Å². The number of non-ortho nitro benzene ring substituents is 1. The molecule has 1 aliphatic heterocycles. The lowest BCUT2D eigenvalue weighted by molar-refractivity contribution is -0.384. The van der Waals surface area contributed by atoms with E-state index in [9.17, 15) is 14.9 Å². The second-order valence-corrected chi connectivity index (χ2v) is 5.87. The predicted molar refractivity (Wildman–Crippen MR) is 77.0 cm³/mol. The summed E-state index contributed by atoms with van der Waals surface area (Å²) in [6.45, 7) is 5.65. The van der Waals surface area contributed by atoms with E-state index >= 15 is 0 Å². The number of carbonyl (C=O) groups excluding carboxylic acids is 1. The van der Waals surface area contributed by atoms with Gasteiger partial charge in [0.2, 0.25) is 0 Å². The molecule has 108 valence electrons. The van der Waals surface area contributed by atoms with Crippen molar-refractivity contribution in [3.63, 3.8) is 0 Å². The third kappa shape index (κ3) is 2.93. The number of hydrogen-bond donors (Lipinski definition) is 0. The number of carbonyl (C=O) groups is 1. The fourth-order valence-corrected chi connectivity index (χ4v) is 2.68. The molecule has 0 aromatic heterocycles. The Morgan fingerprint density at radius 3 is 2.75 bits per heavy atom. The Morgan fingerprint density at radius 2 is 2.20 bits per heavy atom. The summed E-state index contributed by atoms with van der Waals surface area (Å²) >= 11 is 6.00. The van der Waals surface area contributed by atoms with E-state index in [0.29, 0.717) is 24.9 Å². The summed E-state index contributed by atoms with van der Waals surface area (Å²) in [5, 5.41) is 11.0. The molecule has 5 nitrogen and oxygen atoms in total. The molecule has 1 amide bonds. The maximum Gasteiger partial charge on any atom is 0.270 e. The Hall–Kier alpha value is -1.62. The Kier molecular flexibility index (Phi) is 4.28. The normalized spacial score (nSPS) is 18.6. The van der Waals surface area contributed by atoms with Gasteiger partial charge in [-0.3, -0.25) is 14.9 Å². The van der Waals surface area contributed by atoms with Crippen LogP contribution in [0.25, 0.3) is 0 Å². The molecular formula is C14H17ClN2O3. The van der Waals surface area contributed by atoms with Gasteiger partial charge in [-0.2, -0.15) is 0 Å². The van der Waals surface area contributed by atoms with Crippen molar-refractivity contribution < 1.29 is 9.72 Å². The van der Waals surface area contributed by atoms with Crippen LogP contribution in [0.2, 0.25) is 5.02 Å². The Morgan fingerprint density at radius 1 is 1.50 bits per heavy atom. The van der Waals surface area contributed by atoms with Crippen LogP contribution < -0.4 is 0 Å². The molecule has 20 heavy (non-hydrogen) atoms. The van der Waals surface area contributed by atoms with Crippen molar-refractivity contribution in [2.75, 3.05) is 13.1 Å². The fraction of sp³-hybridized carbons (Fsp3) is 0.500. The van der Waals surface area contributed by atoms with Gasteiger partial charge in [-0.25, -0.2) is 0 Å². The molecule has 0 spiro atoms. The molecule has 2 rings (SSSR count). The average Bonchev–Trinajstić information content (AvgIpc) is 2.88. The summed E-state index contributed by atoms with van der Waals surface area (Å²) in [7, 11) is 0. The Balaban J connectivity index is 2.21. The van der Waals surface area contributed by atoms with Crippen LogP contribution in [0.5, 0.6) is 0 Å². The van der Waals surface area contributed by atoms with Gasteiger partial charge in [0.05, 0.1) is 15.5 Å². The van der Waals surface area contributed by atoms with Gasteiger partial charge >= 0.3 is 0 Å². The maximum atomic E-state index is 12.4. The van der Waals surface area contributed by atoms with Crippen molar-refractivity contribution in [2.45, 2.75) is 20.3 Å². The average molecular weight is 297 g/mol. The third-order valence-corrected chi connectivity index (χ3v) is 4.18. The Labute approximate surface area is 122 Å². The zero-order valence-corrected chi connectivity index (χ0v) is 12.3. The van der Waals surface area contributed by atoms with Crippen molar-refractivity contribution in [2.24, 2.45) is 11.8 Å². The first kappa shape index (κ1) is 14.8. The van der Waals surface area contributed by atoms with Crippen LogP contribution in [0.15, 0.2) is 18.2 Å². The number of halogens is 1. The molecule has 1 aromatic carbocycles. The molecular weight excluding hydrogens is 280 g/mol. The number of likely N-dealkylation sites (tertiary alicyclic amines) is 1. The van der Waals surface area contributed by atoms with Gasteiger partial charge < -0.3 is 4.90 Å². The first-order valence-corrected chi connectivity index (χ1v) is 7.01. The number of nitro groups is 1. The molecule has 0 N–H and O–H groups in total. The monoisotopic (exact) mass is 296 g/mol. The van der Waals surface area contributed by atoms with Crippen LogP contribution in [-0.4, -0.2) is 28.8 Å². The van der Waals surface area contributed by atoms with Crippen LogP contribution in [0, 0.1) is 22.0 Å². The van der Waals surface area contributed by atoms with E-state index < -0.39 is 4.92 Å². The number of benzene rings is 1. The van der Waals surface area contributed by atoms with E-state index in [2.05, 4.69) is 13.8 Å². The lowest BCUT2D eigenvalue weighted by atomic mass is 9.95. The van der Waals surface area contributed by atoms with Gasteiger partial charge in [0.15, 0.2) is 0 Å². The van der Waals surface area contributed by atoms with Crippen LogP contribution >= 0.6 is 11.6 Å². The molecule has 1 heterocycles. The van der Waals surface area contributed by atoms with Crippen LogP contribution in [0.1, 0.15) is 30.6 Å². The molecule has 0 saturated carbocycles. The largest absolute Gasteiger partial charge is 0.338 e. The molecule has 1 unspecified atom stereocenters. The van der Waals surface area contributed by atoms with E-state index in [0.717, 1.165) is 6.42 Å². The summed E-state index contributed by atoms with van der Waals surface area (Å²) in [6, 6.07) is 3.97. The van der Waals surface area contributed by atoms with Crippen LogP contribution in [0.4, 0.5) is 5.69 Å². The van der Waals surface area contributed by atoms with Gasteiger partial charge in [-0.1, -0.05) is 25.4 Å². The Bertz CT molecular complexity index is 545. The first-order valence-electron chi connectivity index (χ1n) is 6.63. The van der Waals surface area contributed by atoms with E-state index in [1.807, 2.05) is 0 Å². The van der Waals surface area contributed by atoms with Crippen molar-refractivity contribution >= 4 is 23.2 Å². The molecule has 1 saturated heterocycles. The zero-order valence-electron chi connectivity index (χ0n) is 11.5. The van der Waals surface area contributed by atoms with Crippen molar-refractivity contribution in [1.29, 1.82) is 0 Å². The maximum absolute atomic E-state index is 12.4. The van der Waals surface area contributed by atoms with Crippen LogP contribution in [-0.2, 0) is 0 Å². The van der Waals surface area contributed by atoms with E-state index in [1.165, 1.54) is 18.2 Å². The van der Waals surface area contributed by atoms with E-state index in [4.69, 9.17) is 11.6 Å². The molecule has 1 atom stereocenters. The summed E-state index contributed by atoms with van der Waals surface area (Å²) in [4.78, 5) is 24.4.